The van der Waals surface area contributed by atoms with Crippen LogP contribution in [0.2, 0.25) is 0 Å². The second-order valence-corrected chi connectivity index (χ2v) is 5.94. The van der Waals surface area contributed by atoms with Gasteiger partial charge in [0.2, 0.25) is 0 Å². The third-order valence-corrected chi connectivity index (χ3v) is 4.40. The SMILES string of the molecule is COCCOC(C)C(=O)N1CC(C)C(N2CCOCC2)C1. The molecule has 3 unspecified atom stereocenters. The number of amides is 1. The maximum atomic E-state index is 12.4. The molecule has 6 nitrogen and oxygen atoms in total. The van der Waals surface area contributed by atoms with Crippen LogP contribution in [-0.4, -0.2) is 87.6 Å². The highest BCUT2D eigenvalue weighted by atomic mass is 16.5. The Balaban J connectivity index is 1.83. The molecule has 0 aromatic carbocycles. The zero-order valence-electron chi connectivity index (χ0n) is 13.4. The van der Waals surface area contributed by atoms with Crippen LogP contribution in [0.1, 0.15) is 13.8 Å². The van der Waals surface area contributed by atoms with Crippen LogP contribution in [0.25, 0.3) is 0 Å². The quantitative estimate of drug-likeness (QED) is 0.657. The lowest BCUT2D eigenvalue weighted by Crippen LogP contribution is -2.47. The van der Waals surface area contributed by atoms with E-state index < -0.39 is 6.10 Å². The first kappa shape index (κ1) is 16.7. The van der Waals surface area contributed by atoms with Crippen LogP contribution in [-0.2, 0) is 19.0 Å². The lowest BCUT2D eigenvalue weighted by atomic mass is 10.0. The zero-order valence-corrected chi connectivity index (χ0v) is 13.4. The summed E-state index contributed by atoms with van der Waals surface area (Å²) in [5.41, 5.74) is 0. The highest BCUT2D eigenvalue weighted by Crippen LogP contribution is 2.23. The fourth-order valence-corrected chi connectivity index (χ4v) is 3.15. The van der Waals surface area contributed by atoms with Gasteiger partial charge in [-0.15, -0.1) is 0 Å². The van der Waals surface area contributed by atoms with Crippen LogP contribution >= 0.6 is 0 Å². The number of carbonyl (C=O) groups is 1. The minimum absolute atomic E-state index is 0.0914. The molecule has 21 heavy (non-hydrogen) atoms. The summed E-state index contributed by atoms with van der Waals surface area (Å²) in [5.74, 6) is 0.590. The van der Waals surface area contributed by atoms with E-state index in [1.807, 2.05) is 11.8 Å². The van der Waals surface area contributed by atoms with E-state index in [0.29, 0.717) is 25.2 Å². The van der Waals surface area contributed by atoms with Crippen molar-refractivity contribution >= 4 is 5.91 Å². The van der Waals surface area contributed by atoms with Crippen LogP contribution in [0.5, 0.6) is 0 Å². The number of hydrogen-bond acceptors (Lipinski definition) is 5. The van der Waals surface area contributed by atoms with Crippen molar-refractivity contribution in [2.24, 2.45) is 5.92 Å². The largest absolute Gasteiger partial charge is 0.382 e. The Labute approximate surface area is 127 Å². The third-order valence-electron chi connectivity index (χ3n) is 4.40. The summed E-state index contributed by atoms with van der Waals surface area (Å²) in [6.07, 6.45) is -0.393. The Hall–Kier alpha value is -0.690. The first-order valence-electron chi connectivity index (χ1n) is 7.84. The lowest BCUT2D eigenvalue weighted by molar-refractivity contribution is -0.142. The van der Waals surface area contributed by atoms with E-state index in [4.69, 9.17) is 14.2 Å². The molecule has 0 aliphatic carbocycles. The summed E-state index contributed by atoms with van der Waals surface area (Å²) in [5, 5.41) is 0. The molecule has 0 spiro atoms. The van der Waals surface area contributed by atoms with Crippen LogP contribution in [0.15, 0.2) is 0 Å². The van der Waals surface area contributed by atoms with E-state index in [-0.39, 0.29) is 5.91 Å². The molecular formula is C15H28N2O4. The van der Waals surface area contributed by atoms with E-state index in [2.05, 4.69) is 11.8 Å². The predicted octanol–water partition coefficient (Wildman–Crippen LogP) is 0.217. The average molecular weight is 300 g/mol. The Morgan fingerprint density at radius 1 is 1.29 bits per heavy atom. The highest BCUT2D eigenvalue weighted by Gasteiger charge is 2.37. The summed E-state index contributed by atoms with van der Waals surface area (Å²) in [6, 6.07) is 0.448. The molecule has 0 N–H and O–H groups in total. The zero-order chi connectivity index (χ0) is 15.2. The Morgan fingerprint density at radius 2 is 2.00 bits per heavy atom. The topological polar surface area (TPSA) is 51.2 Å². The van der Waals surface area contributed by atoms with Crippen molar-refractivity contribution in [3.63, 3.8) is 0 Å². The third kappa shape index (κ3) is 4.39. The van der Waals surface area contributed by atoms with Crippen molar-refractivity contribution in [2.45, 2.75) is 26.0 Å². The van der Waals surface area contributed by atoms with E-state index in [9.17, 15) is 4.79 Å². The fourth-order valence-electron chi connectivity index (χ4n) is 3.15. The number of ether oxygens (including phenoxy) is 3. The number of methoxy groups -OCH3 is 1. The van der Waals surface area contributed by atoms with Crippen LogP contribution in [0, 0.1) is 5.92 Å². The molecule has 2 saturated heterocycles. The molecule has 0 aromatic heterocycles. The van der Waals surface area contributed by atoms with E-state index in [1.165, 1.54) is 0 Å². The van der Waals surface area contributed by atoms with Gasteiger partial charge < -0.3 is 19.1 Å². The first-order chi connectivity index (χ1) is 10.1. The number of hydrogen-bond donors (Lipinski definition) is 0. The maximum absolute atomic E-state index is 12.4. The molecule has 2 aliphatic heterocycles. The molecule has 3 atom stereocenters. The van der Waals surface area contributed by atoms with Gasteiger partial charge in [0.15, 0.2) is 0 Å². The van der Waals surface area contributed by atoms with Crippen molar-refractivity contribution in [3.05, 3.63) is 0 Å². The minimum Gasteiger partial charge on any atom is -0.382 e. The molecule has 2 aliphatic rings. The van der Waals surface area contributed by atoms with Crippen molar-refractivity contribution in [1.82, 2.24) is 9.80 Å². The number of likely N-dealkylation sites (tertiary alicyclic amines) is 1. The van der Waals surface area contributed by atoms with Gasteiger partial charge in [-0.25, -0.2) is 0 Å². The molecule has 2 heterocycles. The van der Waals surface area contributed by atoms with Gasteiger partial charge in [0.1, 0.15) is 6.10 Å². The van der Waals surface area contributed by atoms with Crippen LogP contribution in [0.4, 0.5) is 0 Å². The first-order valence-corrected chi connectivity index (χ1v) is 7.84. The van der Waals surface area contributed by atoms with Gasteiger partial charge in [-0.05, 0) is 12.8 Å². The lowest BCUT2D eigenvalue weighted by Gasteiger charge is -2.34. The molecule has 0 bridgehead atoms. The normalized spacial score (nSPS) is 28.8. The molecule has 6 heteroatoms. The minimum atomic E-state index is -0.393. The molecule has 122 valence electrons. The molecule has 1 amide bonds. The van der Waals surface area contributed by atoms with Gasteiger partial charge in [-0.1, -0.05) is 6.92 Å². The fraction of sp³-hybridized carbons (Fsp3) is 0.933. The highest BCUT2D eigenvalue weighted by molar-refractivity contribution is 5.80. The molecule has 2 fully saturated rings. The molecule has 0 saturated carbocycles. The molecule has 2 rings (SSSR count). The van der Waals surface area contributed by atoms with Crippen molar-refractivity contribution in [1.29, 1.82) is 0 Å². The number of nitrogens with zero attached hydrogens (tertiary/aromatic N) is 2. The van der Waals surface area contributed by atoms with Gasteiger partial charge in [0, 0.05) is 39.3 Å². The van der Waals surface area contributed by atoms with Crippen molar-refractivity contribution in [2.75, 3.05) is 59.7 Å². The Morgan fingerprint density at radius 3 is 2.67 bits per heavy atom. The summed E-state index contributed by atoms with van der Waals surface area (Å²) in [4.78, 5) is 16.8. The van der Waals surface area contributed by atoms with Gasteiger partial charge in [-0.3, -0.25) is 9.69 Å². The average Bonchev–Trinajstić information content (AvgIpc) is 2.89. The van der Waals surface area contributed by atoms with Crippen LogP contribution in [0.3, 0.4) is 0 Å². The monoisotopic (exact) mass is 300 g/mol. The second kappa shape index (κ2) is 8.08. The summed E-state index contributed by atoms with van der Waals surface area (Å²) >= 11 is 0. The smallest absolute Gasteiger partial charge is 0.251 e. The van der Waals surface area contributed by atoms with Gasteiger partial charge >= 0.3 is 0 Å². The standard InChI is InChI=1S/C15H28N2O4/c1-12-10-17(15(18)13(2)21-9-8-19-3)11-14(12)16-4-6-20-7-5-16/h12-14H,4-11H2,1-3H3. The van der Waals surface area contributed by atoms with E-state index >= 15 is 0 Å². The number of morpholine rings is 1. The molecular weight excluding hydrogens is 272 g/mol. The van der Waals surface area contributed by atoms with Crippen LogP contribution < -0.4 is 0 Å². The molecule has 0 radical (unpaired) electrons. The van der Waals surface area contributed by atoms with Crippen molar-refractivity contribution < 1.29 is 19.0 Å². The summed E-state index contributed by atoms with van der Waals surface area (Å²) in [7, 11) is 1.63. The van der Waals surface area contributed by atoms with Gasteiger partial charge in [0.05, 0.1) is 26.4 Å². The van der Waals surface area contributed by atoms with Gasteiger partial charge in [0.25, 0.3) is 5.91 Å². The Kier molecular flexibility index (Phi) is 6.41. The Bertz CT molecular complexity index is 334. The predicted molar refractivity (Wildman–Crippen MR) is 79.2 cm³/mol. The van der Waals surface area contributed by atoms with Gasteiger partial charge in [-0.2, -0.15) is 0 Å². The summed E-state index contributed by atoms with van der Waals surface area (Å²) in [6.45, 7) is 10.2. The van der Waals surface area contributed by atoms with Crippen molar-refractivity contribution in [3.8, 4) is 0 Å². The number of carbonyl (C=O) groups excluding carboxylic acids is 1. The molecule has 0 aromatic rings. The maximum Gasteiger partial charge on any atom is 0.251 e. The second-order valence-electron chi connectivity index (χ2n) is 5.94. The van der Waals surface area contributed by atoms with E-state index in [0.717, 1.165) is 39.4 Å². The summed E-state index contributed by atoms with van der Waals surface area (Å²) < 4.78 is 15.9. The van der Waals surface area contributed by atoms with E-state index in [1.54, 1.807) is 7.11 Å². The number of rotatable bonds is 6.